The van der Waals surface area contributed by atoms with Crippen molar-refractivity contribution in [3.05, 3.63) is 34.4 Å². The van der Waals surface area contributed by atoms with Gasteiger partial charge in [0.2, 0.25) is 0 Å². The van der Waals surface area contributed by atoms with Gasteiger partial charge in [0.1, 0.15) is 0 Å². The van der Waals surface area contributed by atoms with E-state index in [0.717, 1.165) is 35.3 Å². The van der Waals surface area contributed by atoms with Gasteiger partial charge in [0, 0.05) is 26.2 Å². The molecule has 1 aliphatic rings. The number of rotatable bonds is 3. The normalized spacial score (nSPS) is 17.0. The molecule has 2 rings (SSSR count). The van der Waals surface area contributed by atoms with Crippen LogP contribution in [0.5, 0.6) is 0 Å². The number of benzene rings is 1. The molecule has 6 heteroatoms. The molecule has 1 N–H and O–H groups in total. The number of aryl methyl sites for hydroxylation is 3. The summed E-state index contributed by atoms with van der Waals surface area (Å²) in [7, 11) is 0. The Labute approximate surface area is 138 Å². The average molecular weight is 341 g/mol. The zero-order valence-corrected chi connectivity index (χ0v) is 14.3. The van der Waals surface area contributed by atoms with E-state index in [0.29, 0.717) is 13.1 Å². The molecule has 0 unspecified atom stereocenters. The second kappa shape index (κ2) is 8.89. The van der Waals surface area contributed by atoms with Crippen LogP contribution in [0.25, 0.3) is 0 Å². The number of nitrogens with zero attached hydrogens (tertiary/aromatic N) is 1. The lowest BCUT2D eigenvalue weighted by atomic mass is 9.93. The molecule has 122 valence electrons. The van der Waals surface area contributed by atoms with Gasteiger partial charge in [-0.15, -0.1) is 24.8 Å². The van der Waals surface area contributed by atoms with Gasteiger partial charge in [-0.3, -0.25) is 4.90 Å². The van der Waals surface area contributed by atoms with E-state index in [9.17, 15) is 8.78 Å². The van der Waals surface area contributed by atoms with E-state index < -0.39 is 12.5 Å². The molecule has 0 bridgehead atoms. The van der Waals surface area contributed by atoms with E-state index in [4.69, 9.17) is 0 Å². The van der Waals surface area contributed by atoms with Gasteiger partial charge in [-0.25, -0.2) is 8.78 Å². The lowest BCUT2D eigenvalue weighted by Gasteiger charge is -2.36. The van der Waals surface area contributed by atoms with Gasteiger partial charge in [0.15, 0.2) is 0 Å². The maximum atomic E-state index is 13.6. The molecular formula is C15H24Cl2F2N2. The predicted molar refractivity (Wildman–Crippen MR) is 88.3 cm³/mol. The Hall–Kier alpha value is -0.420. The van der Waals surface area contributed by atoms with Crippen LogP contribution in [0.3, 0.4) is 0 Å². The molecule has 2 nitrogen and oxygen atoms in total. The third kappa shape index (κ3) is 4.78. The first-order valence-electron chi connectivity index (χ1n) is 6.81. The molecule has 0 radical (unpaired) electrons. The molecule has 1 aromatic rings. The van der Waals surface area contributed by atoms with Crippen LogP contribution in [0.4, 0.5) is 8.78 Å². The summed E-state index contributed by atoms with van der Waals surface area (Å²) in [6.45, 7) is 8.82. The van der Waals surface area contributed by atoms with Crippen LogP contribution in [0, 0.1) is 20.8 Å². The van der Waals surface area contributed by atoms with Crippen LogP contribution in [0.2, 0.25) is 0 Å². The first-order valence-corrected chi connectivity index (χ1v) is 6.81. The van der Waals surface area contributed by atoms with Gasteiger partial charge in [-0.2, -0.15) is 0 Å². The summed E-state index contributed by atoms with van der Waals surface area (Å²) < 4.78 is 27.1. The smallest absolute Gasteiger partial charge is 0.258 e. The van der Waals surface area contributed by atoms with E-state index in [1.165, 1.54) is 0 Å². The second-order valence-electron chi connectivity index (χ2n) is 5.38. The minimum atomic E-state index is -2.35. The zero-order chi connectivity index (χ0) is 14.0. The van der Waals surface area contributed by atoms with E-state index in [-0.39, 0.29) is 24.8 Å². The maximum Gasteiger partial charge on any atom is 0.258 e. The monoisotopic (exact) mass is 340 g/mol. The maximum absolute atomic E-state index is 13.6. The first kappa shape index (κ1) is 20.6. The van der Waals surface area contributed by atoms with Crippen molar-refractivity contribution >= 4 is 24.8 Å². The second-order valence-corrected chi connectivity index (χ2v) is 5.38. The summed E-state index contributed by atoms with van der Waals surface area (Å²) >= 11 is 0. The van der Waals surface area contributed by atoms with Gasteiger partial charge in [0.25, 0.3) is 6.43 Å². The van der Waals surface area contributed by atoms with Crippen LogP contribution >= 0.6 is 24.8 Å². The Morgan fingerprint density at radius 2 is 1.48 bits per heavy atom. The quantitative estimate of drug-likeness (QED) is 0.903. The number of hydrogen-bond donors (Lipinski definition) is 1. The van der Waals surface area contributed by atoms with Gasteiger partial charge in [-0.05, 0) is 37.5 Å². The molecule has 0 aromatic heterocycles. The summed E-state index contributed by atoms with van der Waals surface area (Å²) in [6.07, 6.45) is -2.35. The highest BCUT2D eigenvalue weighted by molar-refractivity contribution is 5.85. The van der Waals surface area contributed by atoms with E-state index in [2.05, 4.69) is 5.32 Å². The summed E-state index contributed by atoms with van der Waals surface area (Å²) in [4.78, 5) is 1.91. The molecule has 1 aliphatic heterocycles. The minimum Gasteiger partial charge on any atom is -0.314 e. The predicted octanol–water partition coefficient (Wildman–Crippen LogP) is 3.67. The SMILES string of the molecule is Cc1cc(C)c([C@@H](C(F)F)N2CCNCC2)c(C)c1.Cl.Cl. The molecule has 1 atom stereocenters. The molecule has 0 saturated carbocycles. The third-order valence-corrected chi connectivity index (χ3v) is 3.82. The van der Waals surface area contributed by atoms with E-state index >= 15 is 0 Å². The number of piperazine rings is 1. The molecule has 1 fully saturated rings. The lowest BCUT2D eigenvalue weighted by Crippen LogP contribution is -2.47. The van der Waals surface area contributed by atoms with Gasteiger partial charge >= 0.3 is 0 Å². The Bertz CT molecular complexity index is 426. The van der Waals surface area contributed by atoms with Crippen molar-refractivity contribution in [1.82, 2.24) is 10.2 Å². The fraction of sp³-hybridized carbons (Fsp3) is 0.600. The van der Waals surface area contributed by atoms with Gasteiger partial charge < -0.3 is 5.32 Å². The summed E-state index contributed by atoms with van der Waals surface area (Å²) in [5.74, 6) is 0. The van der Waals surface area contributed by atoms with Crippen LogP contribution in [0.15, 0.2) is 12.1 Å². The summed E-state index contributed by atoms with van der Waals surface area (Å²) in [5.41, 5.74) is 3.89. The topological polar surface area (TPSA) is 15.3 Å². The van der Waals surface area contributed by atoms with E-state index in [1.807, 2.05) is 37.8 Å². The molecule has 1 aromatic carbocycles. The number of hydrogen-bond acceptors (Lipinski definition) is 2. The van der Waals surface area contributed by atoms with Crippen molar-refractivity contribution in [1.29, 1.82) is 0 Å². The van der Waals surface area contributed by atoms with Crippen molar-refractivity contribution in [3.8, 4) is 0 Å². The molecular weight excluding hydrogens is 317 g/mol. The van der Waals surface area contributed by atoms with Crippen LogP contribution < -0.4 is 5.32 Å². The van der Waals surface area contributed by atoms with Gasteiger partial charge in [0.05, 0.1) is 6.04 Å². The molecule has 0 amide bonds. The highest BCUT2D eigenvalue weighted by atomic mass is 35.5. The number of alkyl halides is 2. The molecule has 1 heterocycles. The number of halogens is 4. The van der Waals surface area contributed by atoms with Gasteiger partial charge in [-0.1, -0.05) is 17.7 Å². The Morgan fingerprint density at radius 3 is 1.90 bits per heavy atom. The third-order valence-electron chi connectivity index (χ3n) is 3.82. The molecule has 0 aliphatic carbocycles. The van der Waals surface area contributed by atoms with Crippen molar-refractivity contribution in [2.45, 2.75) is 33.2 Å². The van der Waals surface area contributed by atoms with Crippen LogP contribution in [0.1, 0.15) is 28.3 Å². The van der Waals surface area contributed by atoms with Crippen molar-refractivity contribution in [3.63, 3.8) is 0 Å². The van der Waals surface area contributed by atoms with E-state index in [1.54, 1.807) is 0 Å². The standard InChI is InChI=1S/C15H22F2N2.2ClH/c1-10-8-11(2)13(12(3)9-10)14(15(16)17)19-6-4-18-5-7-19;;/h8-9,14-15,18H,4-7H2,1-3H3;2*1H/t14-;;/m0../s1. The van der Waals surface area contributed by atoms with Crippen LogP contribution in [-0.4, -0.2) is 37.5 Å². The molecule has 21 heavy (non-hydrogen) atoms. The largest absolute Gasteiger partial charge is 0.314 e. The van der Waals surface area contributed by atoms with Crippen LogP contribution in [-0.2, 0) is 0 Å². The Balaban J connectivity index is 0.00000200. The first-order chi connectivity index (χ1) is 9.00. The molecule has 1 saturated heterocycles. The van der Waals surface area contributed by atoms with Crippen molar-refractivity contribution in [2.24, 2.45) is 0 Å². The summed E-state index contributed by atoms with van der Waals surface area (Å²) in [5, 5.41) is 3.21. The average Bonchev–Trinajstić information content (AvgIpc) is 2.34. The minimum absolute atomic E-state index is 0. The number of nitrogens with one attached hydrogen (secondary N) is 1. The van der Waals surface area contributed by atoms with Crippen molar-refractivity contribution in [2.75, 3.05) is 26.2 Å². The zero-order valence-electron chi connectivity index (χ0n) is 12.7. The lowest BCUT2D eigenvalue weighted by molar-refractivity contribution is 0.0175. The van der Waals surface area contributed by atoms with Crippen molar-refractivity contribution < 1.29 is 8.78 Å². The highest BCUT2D eigenvalue weighted by Gasteiger charge is 2.32. The molecule has 0 spiro atoms. The Morgan fingerprint density at radius 1 is 1.00 bits per heavy atom. The Kier molecular flexibility index (Phi) is 8.71. The highest BCUT2D eigenvalue weighted by Crippen LogP contribution is 2.33. The fourth-order valence-electron chi connectivity index (χ4n) is 3.09. The fourth-order valence-corrected chi connectivity index (χ4v) is 3.09. The summed E-state index contributed by atoms with van der Waals surface area (Å²) in [6, 6.07) is 3.22.